The molecule has 3 aliphatic rings. The number of allylic oxidation sites excluding steroid dienone is 2. The van der Waals surface area contributed by atoms with Crippen LogP contribution >= 0.6 is 0 Å². The molecule has 0 atom stereocenters. The van der Waals surface area contributed by atoms with Gasteiger partial charge in [0.05, 0.1) is 11.4 Å². The van der Waals surface area contributed by atoms with Crippen molar-refractivity contribution >= 4 is 11.6 Å². The topological polar surface area (TPSA) is 40.6 Å². The van der Waals surface area contributed by atoms with Crippen LogP contribution in [0.5, 0.6) is 0 Å². The zero-order valence-electron chi connectivity index (χ0n) is 11.9. The summed E-state index contributed by atoms with van der Waals surface area (Å²) in [6.45, 7) is 3.60. The average Bonchev–Trinajstić information content (AvgIpc) is 2.51. The largest absolute Gasteiger partial charge is 0.368 e. The smallest absolute Gasteiger partial charge is 0.204 e. The molecule has 0 aromatic heterocycles. The van der Waals surface area contributed by atoms with E-state index in [0.29, 0.717) is 11.4 Å². The summed E-state index contributed by atoms with van der Waals surface area (Å²) in [5.74, 6) is 0.0131. The number of nitrogens with zero attached hydrogens (tertiary/aromatic N) is 2. The maximum absolute atomic E-state index is 12.3. The van der Waals surface area contributed by atoms with Crippen molar-refractivity contribution in [2.24, 2.45) is 0 Å². The number of carbonyl (C=O) groups excluding carboxylic acids is 2. The predicted molar refractivity (Wildman–Crippen MR) is 77.0 cm³/mol. The van der Waals surface area contributed by atoms with Crippen molar-refractivity contribution in [3.05, 3.63) is 23.5 Å². The van der Waals surface area contributed by atoms with Gasteiger partial charge in [-0.3, -0.25) is 9.59 Å². The maximum Gasteiger partial charge on any atom is 0.204 e. The van der Waals surface area contributed by atoms with E-state index in [2.05, 4.69) is 9.80 Å². The summed E-state index contributed by atoms with van der Waals surface area (Å²) in [4.78, 5) is 28.8. The molecule has 2 aliphatic heterocycles. The fourth-order valence-corrected chi connectivity index (χ4v) is 3.30. The van der Waals surface area contributed by atoms with Crippen molar-refractivity contribution in [2.45, 2.75) is 38.5 Å². The minimum absolute atomic E-state index is 0.00655. The van der Waals surface area contributed by atoms with Crippen LogP contribution in [-0.2, 0) is 9.59 Å². The van der Waals surface area contributed by atoms with Gasteiger partial charge in [-0.2, -0.15) is 0 Å². The molecule has 2 heterocycles. The number of piperidine rings is 2. The van der Waals surface area contributed by atoms with Gasteiger partial charge in [-0.25, -0.2) is 0 Å². The lowest BCUT2D eigenvalue weighted by Gasteiger charge is -2.34. The first-order chi connectivity index (χ1) is 9.75. The molecule has 2 fully saturated rings. The third-order valence-electron chi connectivity index (χ3n) is 4.43. The van der Waals surface area contributed by atoms with E-state index in [-0.39, 0.29) is 11.6 Å². The molecule has 0 aromatic carbocycles. The zero-order chi connectivity index (χ0) is 13.9. The highest BCUT2D eigenvalue weighted by Gasteiger charge is 2.28. The summed E-state index contributed by atoms with van der Waals surface area (Å²) in [6, 6.07) is 0. The van der Waals surface area contributed by atoms with E-state index in [1.54, 1.807) is 12.2 Å². The number of carbonyl (C=O) groups is 2. The van der Waals surface area contributed by atoms with Crippen molar-refractivity contribution in [3.8, 4) is 0 Å². The standard InChI is InChI=1S/C16H22N2O2/c19-15-12-14(18-9-5-2-6-10-18)16(20)11-13(15)17-7-3-1-4-8-17/h11-12H,1-10H2. The van der Waals surface area contributed by atoms with E-state index >= 15 is 0 Å². The van der Waals surface area contributed by atoms with E-state index in [1.807, 2.05) is 0 Å². The van der Waals surface area contributed by atoms with E-state index in [9.17, 15) is 9.59 Å². The van der Waals surface area contributed by atoms with Gasteiger partial charge in [-0.1, -0.05) is 0 Å². The quantitative estimate of drug-likeness (QED) is 0.721. The maximum atomic E-state index is 12.3. The number of ketones is 2. The molecule has 0 spiro atoms. The molecule has 0 unspecified atom stereocenters. The fraction of sp³-hybridized carbons (Fsp3) is 0.625. The molecule has 1 aliphatic carbocycles. The monoisotopic (exact) mass is 274 g/mol. The van der Waals surface area contributed by atoms with E-state index < -0.39 is 0 Å². The van der Waals surface area contributed by atoms with E-state index in [4.69, 9.17) is 0 Å². The summed E-state index contributed by atoms with van der Waals surface area (Å²) in [7, 11) is 0. The van der Waals surface area contributed by atoms with Gasteiger partial charge in [0, 0.05) is 38.3 Å². The van der Waals surface area contributed by atoms with E-state index in [0.717, 1.165) is 51.9 Å². The van der Waals surface area contributed by atoms with Crippen LogP contribution in [0.1, 0.15) is 38.5 Å². The summed E-state index contributed by atoms with van der Waals surface area (Å²) in [5.41, 5.74) is 1.21. The average molecular weight is 274 g/mol. The second kappa shape index (κ2) is 5.81. The van der Waals surface area contributed by atoms with Gasteiger partial charge in [-0.05, 0) is 38.5 Å². The Morgan fingerprint density at radius 2 is 0.950 bits per heavy atom. The second-order valence-corrected chi connectivity index (χ2v) is 5.88. The first kappa shape index (κ1) is 13.4. The van der Waals surface area contributed by atoms with Gasteiger partial charge in [0.1, 0.15) is 0 Å². The fourth-order valence-electron chi connectivity index (χ4n) is 3.30. The molecule has 0 N–H and O–H groups in total. The third-order valence-corrected chi connectivity index (χ3v) is 4.43. The summed E-state index contributed by atoms with van der Waals surface area (Å²) in [5, 5.41) is 0. The van der Waals surface area contributed by atoms with Crippen molar-refractivity contribution in [3.63, 3.8) is 0 Å². The second-order valence-electron chi connectivity index (χ2n) is 5.88. The first-order valence-corrected chi connectivity index (χ1v) is 7.78. The lowest BCUT2D eigenvalue weighted by atomic mass is 10.0. The summed E-state index contributed by atoms with van der Waals surface area (Å²) < 4.78 is 0. The molecule has 0 bridgehead atoms. The van der Waals surface area contributed by atoms with Gasteiger partial charge in [0.15, 0.2) is 0 Å². The Morgan fingerprint density at radius 1 is 0.600 bits per heavy atom. The van der Waals surface area contributed by atoms with E-state index in [1.165, 1.54) is 12.8 Å². The Hall–Kier alpha value is -1.58. The molecule has 0 amide bonds. The molecular formula is C16H22N2O2. The number of hydrogen-bond donors (Lipinski definition) is 0. The lowest BCUT2D eigenvalue weighted by molar-refractivity contribution is -0.117. The van der Waals surface area contributed by atoms with Crippen LogP contribution in [0, 0.1) is 0 Å². The van der Waals surface area contributed by atoms with Crippen molar-refractivity contribution in [1.29, 1.82) is 0 Å². The van der Waals surface area contributed by atoms with Crippen LogP contribution in [0.3, 0.4) is 0 Å². The molecular weight excluding hydrogens is 252 g/mol. The number of rotatable bonds is 2. The molecule has 108 valence electrons. The van der Waals surface area contributed by atoms with Crippen LogP contribution in [0.4, 0.5) is 0 Å². The molecule has 20 heavy (non-hydrogen) atoms. The summed E-state index contributed by atoms with van der Waals surface area (Å²) >= 11 is 0. The Morgan fingerprint density at radius 3 is 1.30 bits per heavy atom. The highest BCUT2D eigenvalue weighted by Crippen LogP contribution is 2.23. The molecule has 4 nitrogen and oxygen atoms in total. The van der Waals surface area contributed by atoms with Gasteiger partial charge in [0.25, 0.3) is 0 Å². The van der Waals surface area contributed by atoms with Crippen LogP contribution < -0.4 is 0 Å². The molecule has 4 heteroatoms. The SMILES string of the molecule is O=C1C=C(N2CCCCC2)C(=O)C=C1N1CCCCC1. The third kappa shape index (κ3) is 2.65. The van der Waals surface area contributed by atoms with Gasteiger partial charge < -0.3 is 9.80 Å². The van der Waals surface area contributed by atoms with Gasteiger partial charge >= 0.3 is 0 Å². The van der Waals surface area contributed by atoms with Crippen molar-refractivity contribution < 1.29 is 9.59 Å². The lowest BCUT2D eigenvalue weighted by Crippen LogP contribution is -2.38. The molecule has 0 aromatic rings. The minimum atomic E-state index is 0.00655. The predicted octanol–water partition coefficient (Wildman–Crippen LogP) is 1.88. The van der Waals surface area contributed by atoms with Crippen molar-refractivity contribution in [2.75, 3.05) is 26.2 Å². The molecule has 2 saturated heterocycles. The van der Waals surface area contributed by atoms with Gasteiger partial charge in [-0.15, -0.1) is 0 Å². The highest BCUT2D eigenvalue weighted by atomic mass is 16.1. The Kier molecular flexibility index (Phi) is 3.90. The minimum Gasteiger partial charge on any atom is -0.368 e. The Labute approximate surface area is 120 Å². The van der Waals surface area contributed by atoms with Crippen LogP contribution in [0.15, 0.2) is 23.5 Å². The Bertz CT molecular complexity index is 423. The van der Waals surface area contributed by atoms with Crippen molar-refractivity contribution in [1.82, 2.24) is 9.80 Å². The Balaban J connectivity index is 1.75. The normalized spacial score (nSPS) is 24.6. The molecule has 3 rings (SSSR count). The number of likely N-dealkylation sites (tertiary alicyclic amines) is 2. The van der Waals surface area contributed by atoms with Crippen LogP contribution in [0.25, 0.3) is 0 Å². The van der Waals surface area contributed by atoms with Crippen LogP contribution in [0.2, 0.25) is 0 Å². The summed E-state index contributed by atoms with van der Waals surface area (Å²) in [6.07, 6.45) is 10.0. The van der Waals surface area contributed by atoms with Gasteiger partial charge in [0.2, 0.25) is 11.6 Å². The van der Waals surface area contributed by atoms with Crippen LogP contribution in [-0.4, -0.2) is 47.5 Å². The molecule has 0 radical (unpaired) electrons. The number of hydrogen-bond acceptors (Lipinski definition) is 4. The highest BCUT2D eigenvalue weighted by molar-refractivity contribution is 6.19. The first-order valence-electron chi connectivity index (χ1n) is 7.78. The zero-order valence-corrected chi connectivity index (χ0v) is 11.9. The molecule has 0 saturated carbocycles.